The lowest BCUT2D eigenvalue weighted by Gasteiger charge is -1.70. The van der Waals surface area contributed by atoms with E-state index in [9.17, 15) is 0 Å². The molecule has 23 heavy (non-hydrogen) atoms. The zero-order valence-electron chi connectivity index (χ0n) is 13.3. The minimum absolute atomic E-state index is 0.125. The zero-order valence-corrected chi connectivity index (χ0v) is 13.3. The van der Waals surface area contributed by atoms with Gasteiger partial charge in [-0.25, -0.2) is 4.94 Å². The van der Waals surface area contributed by atoms with Gasteiger partial charge in [-0.1, -0.05) is 0 Å². The number of aliphatic hydroxyl groups is 2. The van der Waals surface area contributed by atoms with Crippen molar-refractivity contribution in [2.75, 3.05) is 13.2 Å². The van der Waals surface area contributed by atoms with Crippen LogP contribution in [0.4, 0.5) is 0 Å². The van der Waals surface area contributed by atoms with E-state index in [1.54, 1.807) is 0 Å². The molecule has 0 aliphatic rings. The quantitative estimate of drug-likeness (QED) is 0.240. The third kappa shape index (κ3) is 3530. The van der Waals surface area contributed by atoms with Crippen LogP contribution in [0.15, 0.2) is 0 Å². The summed E-state index contributed by atoms with van der Waals surface area (Å²) in [5, 5.41) is 44.9. The SMILES string of the molecule is CC(=O)O.CC(=O)O.CC(=O)O.CC(=O)O.NON.OCCO. The topological polar surface area (TPSA) is 251 Å². The van der Waals surface area contributed by atoms with Crippen LogP contribution in [-0.2, 0) is 24.1 Å². The second kappa shape index (κ2) is 42.7. The first-order valence-electron chi connectivity index (χ1n) is 5.31. The standard InChI is InChI=1S/4C2H4O2.C2H6O2.H4N2O/c4*1-2(3)4;3-1-2-4;1-3-2/h4*1H3,(H,3,4);3-4H,1-2H2;1-2H2. The summed E-state index contributed by atoms with van der Waals surface area (Å²) in [5.74, 6) is 4.92. The molecule has 0 aromatic carbocycles. The lowest BCUT2D eigenvalue weighted by molar-refractivity contribution is -0.135. The molecular weight excluding hydrogens is 324 g/mol. The summed E-state index contributed by atoms with van der Waals surface area (Å²) in [4.78, 5) is 39.2. The maximum Gasteiger partial charge on any atom is 0.300 e. The molecule has 0 radical (unpaired) electrons. The largest absolute Gasteiger partial charge is 0.481 e. The van der Waals surface area contributed by atoms with Gasteiger partial charge in [-0.15, -0.1) is 0 Å². The number of carbonyl (C=O) groups is 4. The molecule has 0 spiro atoms. The van der Waals surface area contributed by atoms with Gasteiger partial charge in [-0.2, -0.15) is 11.8 Å². The summed E-state index contributed by atoms with van der Waals surface area (Å²) in [5.41, 5.74) is 0. The van der Waals surface area contributed by atoms with Gasteiger partial charge in [-0.05, 0) is 0 Å². The van der Waals surface area contributed by atoms with Gasteiger partial charge in [0.15, 0.2) is 0 Å². The molecular formula is C10H26N2O11. The van der Waals surface area contributed by atoms with Crippen molar-refractivity contribution >= 4 is 23.9 Å². The lowest BCUT2D eigenvalue weighted by Crippen LogP contribution is -2.03. The Bertz CT molecular complexity index is 206. The van der Waals surface area contributed by atoms with E-state index in [-0.39, 0.29) is 13.2 Å². The number of nitrogens with two attached hydrogens (primary N) is 2. The number of rotatable bonds is 1. The maximum atomic E-state index is 9.00. The van der Waals surface area contributed by atoms with Crippen molar-refractivity contribution in [3.8, 4) is 0 Å². The highest BCUT2D eigenvalue weighted by molar-refractivity contribution is 5.63. The van der Waals surface area contributed by atoms with Crippen LogP contribution in [0.5, 0.6) is 0 Å². The number of aliphatic hydroxyl groups excluding tert-OH is 2. The van der Waals surface area contributed by atoms with Crippen LogP contribution in [0.2, 0.25) is 0 Å². The molecule has 0 unspecified atom stereocenters. The molecule has 0 aromatic rings. The van der Waals surface area contributed by atoms with E-state index >= 15 is 0 Å². The molecule has 0 bridgehead atoms. The Hall–Kier alpha value is -2.32. The van der Waals surface area contributed by atoms with Crippen molar-refractivity contribution in [2.24, 2.45) is 11.8 Å². The highest BCUT2D eigenvalue weighted by atomic mass is 16.7. The molecule has 142 valence electrons. The normalized spacial score (nSPS) is 6.43. The zero-order chi connectivity index (χ0) is 20.4. The van der Waals surface area contributed by atoms with Crippen LogP contribution in [0.1, 0.15) is 27.7 Å². The van der Waals surface area contributed by atoms with Crippen molar-refractivity contribution < 1.29 is 54.8 Å². The van der Waals surface area contributed by atoms with Gasteiger partial charge in [0.2, 0.25) is 0 Å². The fourth-order valence-corrected chi connectivity index (χ4v) is 0. The predicted molar refractivity (Wildman–Crippen MR) is 76.9 cm³/mol. The minimum atomic E-state index is -0.833. The predicted octanol–water partition coefficient (Wildman–Crippen LogP) is -1.91. The Morgan fingerprint density at radius 1 is 0.652 bits per heavy atom. The fourth-order valence-electron chi connectivity index (χ4n) is 0. The summed E-state index contributed by atoms with van der Waals surface area (Å²) in [6.45, 7) is 4.08. The van der Waals surface area contributed by atoms with E-state index < -0.39 is 23.9 Å². The molecule has 0 saturated heterocycles. The van der Waals surface area contributed by atoms with Crippen molar-refractivity contribution in [3.63, 3.8) is 0 Å². The van der Waals surface area contributed by atoms with Crippen LogP contribution < -0.4 is 11.8 Å². The Morgan fingerprint density at radius 3 is 0.696 bits per heavy atom. The first-order valence-corrected chi connectivity index (χ1v) is 5.31. The number of hydrogen-bond acceptors (Lipinski definition) is 9. The average molecular weight is 350 g/mol. The molecule has 0 aliphatic carbocycles. The maximum absolute atomic E-state index is 9.00. The van der Waals surface area contributed by atoms with Crippen molar-refractivity contribution in [1.29, 1.82) is 0 Å². The van der Waals surface area contributed by atoms with Gasteiger partial charge in [0, 0.05) is 27.7 Å². The molecule has 0 amide bonds. The van der Waals surface area contributed by atoms with Crippen LogP contribution >= 0.6 is 0 Å². The molecule has 0 rings (SSSR count). The third-order valence-electron chi connectivity index (χ3n) is 0.1000. The number of carboxylic acid groups (broad SMARTS) is 4. The van der Waals surface area contributed by atoms with Gasteiger partial charge >= 0.3 is 0 Å². The second-order valence-corrected chi connectivity index (χ2v) is 2.66. The van der Waals surface area contributed by atoms with Crippen LogP contribution in [0.25, 0.3) is 0 Å². The van der Waals surface area contributed by atoms with E-state index in [0.717, 1.165) is 27.7 Å². The smallest absolute Gasteiger partial charge is 0.300 e. The van der Waals surface area contributed by atoms with E-state index in [0.29, 0.717) is 0 Å². The summed E-state index contributed by atoms with van der Waals surface area (Å²) in [6.07, 6.45) is 0. The van der Waals surface area contributed by atoms with Gasteiger partial charge in [0.05, 0.1) is 13.2 Å². The summed E-state index contributed by atoms with van der Waals surface area (Å²) >= 11 is 0. The Balaban J connectivity index is -0.0000000378. The van der Waals surface area contributed by atoms with Gasteiger partial charge in [-0.3, -0.25) is 19.2 Å². The second-order valence-electron chi connectivity index (χ2n) is 2.66. The summed E-state index contributed by atoms with van der Waals surface area (Å²) < 4.78 is 0. The third-order valence-corrected chi connectivity index (χ3v) is 0.1000. The van der Waals surface area contributed by atoms with Crippen molar-refractivity contribution in [1.82, 2.24) is 0 Å². The van der Waals surface area contributed by atoms with Gasteiger partial charge in [0.25, 0.3) is 23.9 Å². The monoisotopic (exact) mass is 350 g/mol. The van der Waals surface area contributed by atoms with Crippen LogP contribution in [0, 0.1) is 0 Å². The number of carboxylic acids is 4. The molecule has 13 heteroatoms. The van der Waals surface area contributed by atoms with Crippen LogP contribution in [0.3, 0.4) is 0 Å². The molecule has 0 heterocycles. The molecule has 0 aromatic heterocycles. The molecule has 0 saturated carbocycles. The Morgan fingerprint density at radius 2 is 0.696 bits per heavy atom. The molecule has 0 fully saturated rings. The Kier molecular flexibility index (Phi) is 69.0. The van der Waals surface area contributed by atoms with Gasteiger partial charge < -0.3 is 30.6 Å². The number of hydrogen-bond donors (Lipinski definition) is 8. The fraction of sp³-hybridized carbons (Fsp3) is 0.600. The number of aliphatic carboxylic acids is 4. The lowest BCUT2D eigenvalue weighted by atomic mass is 10.8. The van der Waals surface area contributed by atoms with Gasteiger partial charge in [0.1, 0.15) is 0 Å². The first kappa shape index (κ1) is 37.2. The van der Waals surface area contributed by atoms with E-state index in [1.807, 2.05) is 0 Å². The highest BCUT2D eigenvalue weighted by Crippen LogP contribution is 1.43. The summed E-state index contributed by atoms with van der Waals surface area (Å²) in [6, 6.07) is 0. The average Bonchev–Trinajstić information content (AvgIpc) is 2.26. The van der Waals surface area contributed by atoms with E-state index in [1.165, 1.54) is 0 Å². The van der Waals surface area contributed by atoms with Crippen LogP contribution in [-0.4, -0.2) is 67.7 Å². The molecule has 10 N–H and O–H groups in total. The highest BCUT2D eigenvalue weighted by Gasteiger charge is 1.66. The molecule has 0 atom stereocenters. The molecule has 0 aliphatic heterocycles. The molecule has 13 nitrogen and oxygen atoms in total. The van der Waals surface area contributed by atoms with E-state index in [2.05, 4.69) is 16.7 Å². The summed E-state index contributed by atoms with van der Waals surface area (Å²) in [7, 11) is 0. The van der Waals surface area contributed by atoms with E-state index in [4.69, 9.17) is 49.8 Å². The van der Waals surface area contributed by atoms with Crippen molar-refractivity contribution in [3.05, 3.63) is 0 Å². The minimum Gasteiger partial charge on any atom is -0.481 e. The van der Waals surface area contributed by atoms with Crippen molar-refractivity contribution in [2.45, 2.75) is 27.7 Å². The first-order chi connectivity index (χ1) is 10.3. The Labute approximate surface area is 132 Å².